The SMILES string of the molecule is NC(=O)[C@@H]1CCCN(C(=O)[C@@H]2C[C@H]2C(=O)O)C1. The molecule has 6 heteroatoms. The number of aliphatic carboxylic acids is 1. The molecule has 94 valence electrons. The van der Waals surface area contributed by atoms with Crippen LogP contribution in [-0.4, -0.2) is 40.9 Å². The normalized spacial score (nSPS) is 32.0. The number of carboxylic acid groups (broad SMARTS) is 1. The summed E-state index contributed by atoms with van der Waals surface area (Å²) in [5.74, 6) is -2.63. The number of carbonyl (C=O) groups is 3. The van der Waals surface area contributed by atoms with Gasteiger partial charge in [-0.1, -0.05) is 0 Å². The number of nitrogens with two attached hydrogens (primary N) is 1. The maximum atomic E-state index is 12.0. The molecule has 0 bridgehead atoms. The zero-order valence-electron chi connectivity index (χ0n) is 9.46. The van der Waals surface area contributed by atoms with Gasteiger partial charge in [-0.2, -0.15) is 0 Å². The van der Waals surface area contributed by atoms with Crippen LogP contribution in [0.15, 0.2) is 0 Å². The van der Waals surface area contributed by atoms with Gasteiger partial charge in [-0.25, -0.2) is 0 Å². The fourth-order valence-electron chi connectivity index (χ4n) is 2.38. The summed E-state index contributed by atoms with van der Waals surface area (Å²) in [5.41, 5.74) is 5.23. The Morgan fingerprint density at radius 2 is 1.94 bits per heavy atom. The van der Waals surface area contributed by atoms with Crippen LogP contribution in [0, 0.1) is 17.8 Å². The molecule has 2 amide bonds. The van der Waals surface area contributed by atoms with Crippen molar-refractivity contribution in [2.24, 2.45) is 23.5 Å². The second-order valence-electron chi connectivity index (χ2n) is 4.81. The molecule has 0 radical (unpaired) electrons. The number of likely N-dealkylation sites (tertiary alicyclic amines) is 1. The molecular weight excluding hydrogens is 224 g/mol. The van der Waals surface area contributed by atoms with Crippen LogP contribution in [0.5, 0.6) is 0 Å². The lowest BCUT2D eigenvalue weighted by atomic mass is 9.97. The van der Waals surface area contributed by atoms with Gasteiger partial charge >= 0.3 is 5.97 Å². The minimum atomic E-state index is -0.910. The van der Waals surface area contributed by atoms with E-state index in [4.69, 9.17) is 10.8 Å². The molecule has 1 aliphatic heterocycles. The maximum Gasteiger partial charge on any atom is 0.307 e. The number of piperidine rings is 1. The number of carboxylic acids is 1. The van der Waals surface area contributed by atoms with Gasteiger partial charge in [0.15, 0.2) is 0 Å². The van der Waals surface area contributed by atoms with Crippen molar-refractivity contribution in [3.05, 3.63) is 0 Å². The van der Waals surface area contributed by atoms with Gasteiger partial charge in [-0.15, -0.1) is 0 Å². The molecule has 1 heterocycles. The van der Waals surface area contributed by atoms with E-state index >= 15 is 0 Å². The zero-order chi connectivity index (χ0) is 12.6. The molecule has 1 saturated carbocycles. The molecule has 3 N–H and O–H groups in total. The first-order valence-electron chi connectivity index (χ1n) is 5.81. The lowest BCUT2D eigenvalue weighted by Crippen LogP contribution is -2.45. The van der Waals surface area contributed by atoms with Gasteiger partial charge in [0.05, 0.1) is 17.8 Å². The Labute approximate surface area is 98.8 Å². The summed E-state index contributed by atoms with van der Waals surface area (Å²) in [4.78, 5) is 35.3. The van der Waals surface area contributed by atoms with Crippen molar-refractivity contribution in [3.8, 4) is 0 Å². The predicted molar refractivity (Wildman–Crippen MR) is 57.7 cm³/mol. The molecule has 1 saturated heterocycles. The van der Waals surface area contributed by atoms with E-state index in [1.54, 1.807) is 4.90 Å². The average Bonchev–Trinajstić information content (AvgIpc) is 3.08. The monoisotopic (exact) mass is 240 g/mol. The van der Waals surface area contributed by atoms with Crippen molar-refractivity contribution < 1.29 is 19.5 Å². The van der Waals surface area contributed by atoms with Crippen LogP contribution in [0.3, 0.4) is 0 Å². The van der Waals surface area contributed by atoms with Gasteiger partial charge in [-0.3, -0.25) is 14.4 Å². The number of hydrogen-bond donors (Lipinski definition) is 2. The first kappa shape index (κ1) is 11.9. The third-order valence-corrected chi connectivity index (χ3v) is 3.56. The van der Waals surface area contributed by atoms with E-state index < -0.39 is 11.9 Å². The zero-order valence-corrected chi connectivity index (χ0v) is 9.46. The van der Waals surface area contributed by atoms with Gasteiger partial charge < -0.3 is 15.7 Å². The van der Waals surface area contributed by atoms with Gasteiger partial charge in [0, 0.05) is 13.1 Å². The molecule has 0 aromatic rings. The first-order chi connectivity index (χ1) is 8.00. The summed E-state index contributed by atoms with van der Waals surface area (Å²) < 4.78 is 0. The predicted octanol–water partition coefficient (Wildman–Crippen LogP) is -0.569. The molecule has 2 fully saturated rings. The van der Waals surface area contributed by atoms with Crippen molar-refractivity contribution in [1.82, 2.24) is 4.90 Å². The highest BCUT2D eigenvalue weighted by atomic mass is 16.4. The second kappa shape index (κ2) is 4.35. The van der Waals surface area contributed by atoms with Crippen molar-refractivity contribution in [2.45, 2.75) is 19.3 Å². The number of hydrogen-bond acceptors (Lipinski definition) is 3. The minimum Gasteiger partial charge on any atom is -0.481 e. The largest absolute Gasteiger partial charge is 0.481 e. The average molecular weight is 240 g/mol. The van der Waals surface area contributed by atoms with E-state index in [9.17, 15) is 14.4 Å². The van der Waals surface area contributed by atoms with E-state index in [0.717, 1.165) is 6.42 Å². The Hall–Kier alpha value is -1.59. The maximum absolute atomic E-state index is 12.0. The summed E-state index contributed by atoms with van der Waals surface area (Å²) in [6.45, 7) is 0.947. The molecule has 0 spiro atoms. The van der Waals surface area contributed by atoms with Crippen LogP contribution in [0.2, 0.25) is 0 Å². The van der Waals surface area contributed by atoms with Crippen LogP contribution >= 0.6 is 0 Å². The van der Waals surface area contributed by atoms with Gasteiger partial charge in [0.1, 0.15) is 0 Å². The number of carbonyl (C=O) groups excluding carboxylic acids is 2. The molecule has 0 aromatic carbocycles. The van der Waals surface area contributed by atoms with Crippen molar-refractivity contribution in [2.75, 3.05) is 13.1 Å². The molecular formula is C11H16N2O4. The smallest absolute Gasteiger partial charge is 0.307 e. The Balaban J connectivity index is 1.92. The Morgan fingerprint density at radius 3 is 2.47 bits per heavy atom. The molecule has 0 aromatic heterocycles. The van der Waals surface area contributed by atoms with Crippen LogP contribution < -0.4 is 5.73 Å². The molecule has 2 rings (SSSR count). The van der Waals surface area contributed by atoms with Crippen molar-refractivity contribution >= 4 is 17.8 Å². The topological polar surface area (TPSA) is 101 Å². The lowest BCUT2D eigenvalue weighted by molar-refractivity contribution is -0.143. The summed E-state index contributed by atoms with van der Waals surface area (Å²) in [6.07, 6.45) is 1.89. The lowest BCUT2D eigenvalue weighted by Gasteiger charge is -2.31. The van der Waals surface area contributed by atoms with E-state index in [1.165, 1.54) is 0 Å². The fourth-order valence-corrected chi connectivity index (χ4v) is 2.38. The molecule has 6 nitrogen and oxygen atoms in total. The molecule has 3 atom stereocenters. The van der Waals surface area contributed by atoms with E-state index in [1.807, 2.05) is 0 Å². The fraction of sp³-hybridized carbons (Fsp3) is 0.727. The quantitative estimate of drug-likeness (QED) is 0.689. The van der Waals surface area contributed by atoms with Crippen LogP contribution in [-0.2, 0) is 14.4 Å². The highest BCUT2D eigenvalue weighted by Gasteiger charge is 2.50. The Kier molecular flexibility index (Phi) is 3.04. The van der Waals surface area contributed by atoms with Gasteiger partial charge in [0.2, 0.25) is 11.8 Å². The molecule has 1 aliphatic carbocycles. The van der Waals surface area contributed by atoms with Crippen molar-refractivity contribution in [3.63, 3.8) is 0 Å². The molecule has 2 aliphatic rings. The summed E-state index contributed by atoms with van der Waals surface area (Å²) >= 11 is 0. The van der Waals surface area contributed by atoms with Gasteiger partial charge in [0.25, 0.3) is 0 Å². The first-order valence-corrected chi connectivity index (χ1v) is 5.81. The number of amides is 2. The summed E-state index contributed by atoms with van der Waals surface area (Å²) in [6, 6.07) is 0. The second-order valence-corrected chi connectivity index (χ2v) is 4.81. The van der Waals surface area contributed by atoms with E-state index in [2.05, 4.69) is 0 Å². The minimum absolute atomic E-state index is 0.136. The third-order valence-electron chi connectivity index (χ3n) is 3.56. The van der Waals surface area contributed by atoms with Crippen LogP contribution in [0.4, 0.5) is 0 Å². The highest BCUT2D eigenvalue weighted by Crippen LogP contribution is 2.40. The number of rotatable bonds is 3. The van der Waals surface area contributed by atoms with Crippen LogP contribution in [0.25, 0.3) is 0 Å². The Morgan fingerprint density at radius 1 is 1.24 bits per heavy atom. The van der Waals surface area contributed by atoms with Crippen LogP contribution in [0.1, 0.15) is 19.3 Å². The van der Waals surface area contributed by atoms with Gasteiger partial charge in [-0.05, 0) is 19.3 Å². The standard InChI is InChI=1S/C11H16N2O4/c12-9(14)6-2-1-3-13(5-6)10(15)7-4-8(7)11(16)17/h6-8H,1-5H2,(H2,12,14)(H,16,17)/t6-,7-,8-/m1/s1. The summed E-state index contributed by atoms with van der Waals surface area (Å²) in [7, 11) is 0. The van der Waals surface area contributed by atoms with E-state index in [-0.39, 0.29) is 23.7 Å². The van der Waals surface area contributed by atoms with Crippen molar-refractivity contribution in [1.29, 1.82) is 0 Å². The Bertz CT molecular complexity index is 368. The summed E-state index contributed by atoms with van der Waals surface area (Å²) in [5, 5.41) is 8.77. The number of nitrogens with zero attached hydrogens (tertiary/aromatic N) is 1. The molecule has 17 heavy (non-hydrogen) atoms. The highest BCUT2D eigenvalue weighted by molar-refractivity contribution is 5.90. The molecule has 0 unspecified atom stereocenters. The third kappa shape index (κ3) is 2.40. The number of primary amides is 1. The van der Waals surface area contributed by atoms with E-state index in [0.29, 0.717) is 25.9 Å².